The van der Waals surface area contributed by atoms with Crippen LogP contribution in [-0.2, 0) is 4.79 Å². The van der Waals surface area contributed by atoms with E-state index in [0.29, 0.717) is 13.0 Å². The van der Waals surface area contributed by atoms with Gasteiger partial charge in [0, 0.05) is 13.0 Å². The van der Waals surface area contributed by atoms with Gasteiger partial charge in [-0.1, -0.05) is 0 Å². The second-order valence-corrected chi connectivity index (χ2v) is 2.45. The third-order valence-electron chi connectivity index (χ3n) is 1.69. The summed E-state index contributed by atoms with van der Waals surface area (Å²) < 4.78 is 0. The van der Waals surface area contributed by atoms with Crippen molar-refractivity contribution < 1.29 is 9.59 Å². The highest BCUT2D eigenvalue weighted by atomic mass is 16.2. The zero-order valence-electron chi connectivity index (χ0n) is 6.17. The average molecular weight is 157 g/mol. The highest BCUT2D eigenvalue weighted by molar-refractivity contribution is 5.94. The standard InChI is InChI=1S/C6H11N3O2/c7-8-6(11)9-4-2-1-3-5(9)10/h1-4,7H2,(H,8,11). The molecule has 0 aromatic heterocycles. The van der Waals surface area contributed by atoms with Crippen LogP contribution in [0.1, 0.15) is 19.3 Å². The maximum atomic E-state index is 11.0. The van der Waals surface area contributed by atoms with Gasteiger partial charge in [0.1, 0.15) is 0 Å². The lowest BCUT2D eigenvalue weighted by Gasteiger charge is -2.23. The van der Waals surface area contributed by atoms with Crippen LogP contribution in [0, 0.1) is 0 Å². The lowest BCUT2D eigenvalue weighted by molar-refractivity contribution is -0.130. The molecule has 0 atom stereocenters. The second-order valence-electron chi connectivity index (χ2n) is 2.45. The molecule has 0 radical (unpaired) electrons. The minimum atomic E-state index is -0.505. The summed E-state index contributed by atoms with van der Waals surface area (Å²) in [6, 6.07) is -0.505. The Morgan fingerprint density at radius 1 is 1.55 bits per heavy atom. The number of imide groups is 1. The van der Waals surface area contributed by atoms with E-state index in [1.165, 1.54) is 0 Å². The SMILES string of the molecule is NNC(=O)N1CCCCC1=O. The first-order valence-corrected chi connectivity index (χ1v) is 3.56. The fraction of sp³-hybridized carbons (Fsp3) is 0.667. The van der Waals surface area contributed by atoms with Gasteiger partial charge in [-0.2, -0.15) is 0 Å². The third-order valence-corrected chi connectivity index (χ3v) is 1.69. The fourth-order valence-corrected chi connectivity index (χ4v) is 1.10. The Hall–Kier alpha value is -1.10. The van der Waals surface area contributed by atoms with Gasteiger partial charge >= 0.3 is 6.03 Å². The molecule has 0 saturated carbocycles. The van der Waals surface area contributed by atoms with Gasteiger partial charge in [0.25, 0.3) is 0 Å². The van der Waals surface area contributed by atoms with Crippen LogP contribution in [0.4, 0.5) is 4.79 Å². The minimum absolute atomic E-state index is 0.140. The third kappa shape index (κ3) is 1.68. The first-order valence-electron chi connectivity index (χ1n) is 3.56. The molecule has 0 aromatic carbocycles. The van der Waals surface area contributed by atoms with Gasteiger partial charge < -0.3 is 0 Å². The number of hydrazine groups is 1. The summed E-state index contributed by atoms with van der Waals surface area (Å²) in [6.07, 6.45) is 2.19. The number of hydrogen-bond donors (Lipinski definition) is 2. The van der Waals surface area contributed by atoms with Crippen molar-refractivity contribution >= 4 is 11.9 Å². The quantitative estimate of drug-likeness (QED) is 0.285. The highest BCUT2D eigenvalue weighted by Crippen LogP contribution is 2.09. The van der Waals surface area contributed by atoms with E-state index in [4.69, 9.17) is 5.84 Å². The summed E-state index contributed by atoms with van der Waals surface area (Å²) in [5, 5.41) is 0. The molecule has 62 valence electrons. The Balaban J connectivity index is 2.54. The van der Waals surface area contributed by atoms with Crippen LogP contribution in [-0.4, -0.2) is 23.4 Å². The van der Waals surface area contributed by atoms with Crippen LogP contribution >= 0.6 is 0 Å². The Kier molecular flexibility index (Phi) is 2.43. The Morgan fingerprint density at radius 3 is 2.82 bits per heavy atom. The van der Waals surface area contributed by atoms with Crippen molar-refractivity contribution in [3.8, 4) is 0 Å². The van der Waals surface area contributed by atoms with E-state index < -0.39 is 6.03 Å². The van der Waals surface area contributed by atoms with Crippen LogP contribution in [0.15, 0.2) is 0 Å². The Bertz CT molecular complexity index is 173. The minimum Gasteiger partial charge on any atom is -0.275 e. The van der Waals surface area contributed by atoms with Gasteiger partial charge in [0.15, 0.2) is 0 Å². The number of carbonyl (C=O) groups excluding carboxylic acids is 2. The topological polar surface area (TPSA) is 75.4 Å². The van der Waals surface area contributed by atoms with Crippen LogP contribution < -0.4 is 11.3 Å². The first-order chi connectivity index (χ1) is 5.25. The van der Waals surface area contributed by atoms with Crippen molar-refractivity contribution in [2.45, 2.75) is 19.3 Å². The number of hydrogen-bond acceptors (Lipinski definition) is 3. The van der Waals surface area contributed by atoms with Crippen molar-refractivity contribution in [1.82, 2.24) is 10.3 Å². The van der Waals surface area contributed by atoms with E-state index in [1.54, 1.807) is 0 Å². The number of nitrogens with two attached hydrogens (primary N) is 1. The van der Waals surface area contributed by atoms with Crippen molar-refractivity contribution in [2.24, 2.45) is 5.84 Å². The van der Waals surface area contributed by atoms with Gasteiger partial charge in [0.05, 0.1) is 0 Å². The van der Waals surface area contributed by atoms with Crippen LogP contribution in [0.3, 0.4) is 0 Å². The molecule has 3 N–H and O–H groups in total. The molecule has 0 spiro atoms. The summed E-state index contributed by atoms with van der Waals surface area (Å²) in [5.74, 6) is 4.73. The predicted molar refractivity (Wildman–Crippen MR) is 38.3 cm³/mol. The largest absolute Gasteiger partial charge is 0.338 e. The molecule has 1 heterocycles. The smallest absolute Gasteiger partial charge is 0.275 e. The molecule has 5 heteroatoms. The van der Waals surface area contributed by atoms with Crippen molar-refractivity contribution in [3.63, 3.8) is 0 Å². The number of piperidine rings is 1. The lowest BCUT2D eigenvalue weighted by atomic mass is 10.1. The molecular weight excluding hydrogens is 146 g/mol. The molecule has 0 aliphatic carbocycles. The van der Waals surface area contributed by atoms with Crippen LogP contribution in [0.5, 0.6) is 0 Å². The Labute approximate surface area is 64.5 Å². The fourth-order valence-electron chi connectivity index (χ4n) is 1.10. The number of nitrogens with zero attached hydrogens (tertiary/aromatic N) is 1. The zero-order valence-corrected chi connectivity index (χ0v) is 6.17. The van der Waals surface area contributed by atoms with E-state index >= 15 is 0 Å². The van der Waals surface area contributed by atoms with E-state index in [9.17, 15) is 9.59 Å². The van der Waals surface area contributed by atoms with Crippen LogP contribution in [0.25, 0.3) is 0 Å². The maximum absolute atomic E-state index is 11.0. The summed E-state index contributed by atoms with van der Waals surface area (Å²) in [4.78, 5) is 23.0. The summed E-state index contributed by atoms with van der Waals surface area (Å²) in [7, 11) is 0. The molecule has 0 unspecified atom stereocenters. The summed E-state index contributed by atoms with van der Waals surface area (Å²) in [6.45, 7) is 0.488. The lowest BCUT2D eigenvalue weighted by Crippen LogP contribution is -2.48. The number of likely N-dealkylation sites (tertiary alicyclic amines) is 1. The molecule has 1 aliphatic heterocycles. The molecule has 5 nitrogen and oxygen atoms in total. The summed E-state index contributed by atoms with van der Waals surface area (Å²) in [5.41, 5.74) is 1.93. The van der Waals surface area contributed by atoms with E-state index in [1.807, 2.05) is 5.43 Å². The van der Waals surface area contributed by atoms with Gasteiger partial charge in [-0.25, -0.2) is 10.6 Å². The summed E-state index contributed by atoms with van der Waals surface area (Å²) >= 11 is 0. The van der Waals surface area contributed by atoms with Gasteiger partial charge in [-0.3, -0.25) is 15.1 Å². The van der Waals surface area contributed by atoms with Crippen molar-refractivity contribution in [1.29, 1.82) is 0 Å². The normalized spacial score (nSPS) is 18.3. The van der Waals surface area contributed by atoms with E-state index in [0.717, 1.165) is 17.7 Å². The molecule has 1 rings (SSSR count). The number of carbonyl (C=O) groups is 2. The number of amides is 3. The van der Waals surface area contributed by atoms with Gasteiger partial charge in [-0.15, -0.1) is 0 Å². The van der Waals surface area contributed by atoms with Gasteiger partial charge in [0.2, 0.25) is 5.91 Å². The van der Waals surface area contributed by atoms with Crippen molar-refractivity contribution in [3.05, 3.63) is 0 Å². The molecule has 1 fully saturated rings. The highest BCUT2D eigenvalue weighted by Gasteiger charge is 2.22. The molecule has 11 heavy (non-hydrogen) atoms. The number of urea groups is 1. The molecule has 0 aromatic rings. The molecular formula is C6H11N3O2. The second kappa shape index (κ2) is 3.34. The van der Waals surface area contributed by atoms with E-state index in [2.05, 4.69) is 0 Å². The van der Waals surface area contributed by atoms with E-state index in [-0.39, 0.29) is 5.91 Å². The average Bonchev–Trinajstić information content (AvgIpc) is 2.04. The van der Waals surface area contributed by atoms with Gasteiger partial charge in [-0.05, 0) is 12.8 Å². The van der Waals surface area contributed by atoms with Crippen molar-refractivity contribution in [2.75, 3.05) is 6.54 Å². The first kappa shape index (κ1) is 8.00. The molecule has 3 amide bonds. The molecule has 1 aliphatic rings. The van der Waals surface area contributed by atoms with Crippen LogP contribution in [0.2, 0.25) is 0 Å². The monoisotopic (exact) mass is 157 g/mol. The Morgan fingerprint density at radius 2 is 2.27 bits per heavy atom. The number of nitrogens with one attached hydrogen (secondary N) is 1. The maximum Gasteiger partial charge on any atom is 0.338 e. The molecule has 0 bridgehead atoms. The number of rotatable bonds is 0. The zero-order chi connectivity index (χ0) is 8.27. The molecule has 1 saturated heterocycles. The predicted octanol–water partition coefficient (Wildman–Crippen LogP) is -0.418.